The predicted octanol–water partition coefficient (Wildman–Crippen LogP) is 4.15. The molecule has 0 aromatic heterocycles. The zero-order valence-electron chi connectivity index (χ0n) is 17.2. The maximum Gasteiger partial charge on any atom is 0.191 e. The SMILES string of the molecule is CN=C(NCCCc1ccc(C(C)C)cc1)NC1CCN(C2CC2)CC1.I. The number of nitrogens with one attached hydrogen (secondary N) is 2. The summed E-state index contributed by atoms with van der Waals surface area (Å²) in [5.74, 6) is 1.57. The largest absolute Gasteiger partial charge is 0.356 e. The van der Waals surface area contributed by atoms with Crippen LogP contribution in [0.25, 0.3) is 0 Å². The summed E-state index contributed by atoms with van der Waals surface area (Å²) < 4.78 is 0. The fourth-order valence-corrected chi connectivity index (χ4v) is 3.81. The summed E-state index contributed by atoms with van der Waals surface area (Å²) in [6, 6.07) is 10.6. The van der Waals surface area contributed by atoms with Crippen LogP contribution in [0.3, 0.4) is 0 Å². The van der Waals surface area contributed by atoms with E-state index in [9.17, 15) is 0 Å². The second-order valence-corrected chi connectivity index (χ2v) is 8.18. The second-order valence-electron chi connectivity index (χ2n) is 8.18. The predicted molar refractivity (Wildman–Crippen MR) is 126 cm³/mol. The Balaban J connectivity index is 0.00000261. The first kappa shape index (κ1) is 22.5. The molecule has 27 heavy (non-hydrogen) atoms. The number of hydrogen-bond donors (Lipinski definition) is 2. The molecule has 3 rings (SSSR count). The van der Waals surface area contributed by atoms with E-state index >= 15 is 0 Å². The minimum atomic E-state index is 0. The molecular weight excluding hydrogens is 447 g/mol. The highest BCUT2D eigenvalue weighted by molar-refractivity contribution is 14.0. The van der Waals surface area contributed by atoms with Gasteiger partial charge < -0.3 is 15.5 Å². The van der Waals surface area contributed by atoms with Gasteiger partial charge >= 0.3 is 0 Å². The Morgan fingerprint density at radius 1 is 1.11 bits per heavy atom. The summed E-state index contributed by atoms with van der Waals surface area (Å²) in [6.07, 6.45) is 7.55. The zero-order chi connectivity index (χ0) is 18.4. The van der Waals surface area contributed by atoms with Crippen molar-refractivity contribution in [1.29, 1.82) is 0 Å². The highest BCUT2D eigenvalue weighted by atomic mass is 127. The Labute approximate surface area is 182 Å². The number of likely N-dealkylation sites (tertiary alicyclic amines) is 1. The van der Waals surface area contributed by atoms with Gasteiger partial charge in [0, 0.05) is 38.8 Å². The van der Waals surface area contributed by atoms with E-state index in [1.807, 2.05) is 7.05 Å². The van der Waals surface area contributed by atoms with Crippen molar-refractivity contribution in [2.45, 2.75) is 70.4 Å². The van der Waals surface area contributed by atoms with Gasteiger partial charge in [0.05, 0.1) is 0 Å². The molecule has 0 unspecified atom stereocenters. The van der Waals surface area contributed by atoms with Crippen LogP contribution >= 0.6 is 24.0 Å². The molecule has 2 aliphatic rings. The highest BCUT2D eigenvalue weighted by Gasteiger charge is 2.31. The van der Waals surface area contributed by atoms with Crippen LogP contribution in [-0.2, 0) is 6.42 Å². The van der Waals surface area contributed by atoms with E-state index in [1.165, 1.54) is 49.9 Å². The van der Waals surface area contributed by atoms with Crippen LogP contribution in [-0.4, -0.2) is 49.6 Å². The number of guanidine groups is 1. The first-order chi connectivity index (χ1) is 12.7. The Kier molecular flexibility index (Phi) is 9.36. The fraction of sp³-hybridized carbons (Fsp3) is 0.682. The molecule has 1 aromatic rings. The summed E-state index contributed by atoms with van der Waals surface area (Å²) in [5.41, 5.74) is 2.84. The third-order valence-electron chi connectivity index (χ3n) is 5.74. The Hall–Kier alpha value is -0.820. The number of halogens is 1. The lowest BCUT2D eigenvalue weighted by Gasteiger charge is -2.33. The van der Waals surface area contributed by atoms with Crippen LogP contribution in [0, 0.1) is 0 Å². The minimum absolute atomic E-state index is 0. The maximum atomic E-state index is 4.40. The molecule has 1 saturated carbocycles. The first-order valence-corrected chi connectivity index (χ1v) is 10.5. The highest BCUT2D eigenvalue weighted by Crippen LogP contribution is 2.29. The lowest BCUT2D eigenvalue weighted by Crippen LogP contribution is -2.49. The van der Waals surface area contributed by atoms with Gasteiger partial charge in [0.2, 0.25) is 0 Å². The number of piperidine rings is 1. The van der Waals surface area contributed by atoms with Crippen molar-refractivity contribution in [2.24, 2.45) is 4.99 Å². The number of benzene rings is 1. The molecule has 1 aromatic carbocycles. The molecule has 0 radical (unpaired) electrons. The van der Waals surface area contributed by atoms with Gasteiger partial charge in [-0.25, -0.2) is 0 Å². The standard InChI is InChI=1S/C22H36N4.HI/c1-17(2)19-8-6-18(7-9-19)5-4-14-24-22(23-3)25-20-12-15-26(16-13-20)21-10-11-21;/h6-9,17,20-21H,4-5,10-16H2,1-3H3,(H2,23,24,25);1H. The minimum Gasteiger partial charge on any atom is -0.356 e. The molecule has 2 fully saturated rings. The number of rotatable bonds is 7. The van der Waals surface area contributed by atoms with E-state index in [-0.39, 0.29) is 24.0 Å². The smallest absolute Gasteiger partial charge is 0.191 e. The lowest BCUT2D eigenvalue weighted by molar-refractivity contribution is 0.197. The molecule has 0 bridgehead atoms. The van der Waals surface area contributed by atoms with Crippen molar-refractivity contribution in [2.75, 3.05) is 26.7 Å². The van der Waals surface area contributed by atoms with Gasteiger partial charge in [-0.3, -0.25) is 4.99 Å². The number of aryl methyl sites for hydroxylation is 1. The summed E-state index contributed by atoms with van der Waals surface area (Å²) >= 11 is 0. The van der Waals surface area contributed by atoms with Crippen LogP contribution in [0.4, 0.5) is 0 Å². The van der Waals surface area contributed by atoms with Gasteiger partial charge in [0.15, 0.2) is 5.96 Å². The number of hydrogen-bond acceptors (Lipinski definition) is 2. The molecule has 0 amide bonds. The molecule has 0 spiro atoms. The third-order valence-corrected chi connectivity index (χ3v) is 5.74. The quantitative estimate of drug-likeness (QED) is 0.264. The van der Waals surface area contributed by atoms with Crippen molar-refractivity contribution in [3.63, 3.8) is 0 Å². The summed E-state index contributed by atoms with van der Waals surface area (Å²) in [6.45, 7) is 7.94. The Morgan fingerprint density at radius 2 is 1.78 bits per heavy atom. The average Bonchev–Trinajstić information content (AvgIpc) is 3.50. The molecule has 1 heterocycles. The average molecular weight is 484 g/mol. The van der Waals surface area contributed by atoms with Gasteiger partial charge in [0.1, 0.15) is 0 Å². The Morgan fingerprint density at radius 3 is 2.33 bits per heavy atom. The number of nitrogens with zero attached hydrogens (tertiary/aromatic N) is 2. The van der Waals surface area contributed by atoms with Crippen molar-refractivity contribution < 1.29 is 0 Å². The molecule has 5 heteroatoms. The molecule has 4 nitrogen and oxygen atoms in total. The second kappa shape index (κ2) is 11.2. The van der Waals surface area contributed by atoms with E-state index < -0.39 is 0 Å². The summed E-state index contributed by atoms with van der Waals surface area (Å²) in [5, 5.41) is 7.10. The van der Waals surface area contributed by atoms with Crippen LogP contribution in [0.15, 0.2) is 29.3 Å². The van der Waals surface area contributed by atoms with E-state index in [0.29, 0.717) is 12.0 Å². The van der Waals surface area contributed by atoms with E-state index in [4.69, 9.17) is 0 Å². The van der Waals surface area contributed by atoms with Crippen molar-refractivity contribution in [3.05, 3.63) is 35.4 Å². The fourth-order valence-electron chi connectivity index (χ4n) is 3.81. The van der Waals surface area contributed by atoms with Gasteiger partial charge in [-0.1, -0.05) is 38.1 Å². The van der Waals surface area contributed by atoms with Gasteiger partial charge in [-0.15, -0.1) is 24.0 Å². The molecule has 2 N–H and O–H groups in total. The Bertz CT molecular complexity index is 572. The lowest BCUT2D eigenvalue weighted by atomic mass is 10.0. The molecule has 1 aliphatic heterocycles. The van der Waals surface area contributed by atoms with Crippen molar-refractivity contribution in [3.8, 4) is 0 Å². The monoisotopic (exact) mass is 484 g/mol. The summed E-state index contributed by atoms with van der Waals surface area (Å²) in [4.78, 5) is 7.07. The van der Waals surface area contributed by atoms with Crippen LogP contribution in [0.1, 0.15) is 63.0 Å². The van der Waals surface area contributed by atoms with Crippen molar-refractivity contribution >= 4 is 29.9 Å². The normalized spacial score (nSPS) is 19.0. The van der Waals surface area contributed by atoms with Crippen LogP contribution in [0.5, 0.6) is 0 Å². The van der Waals surface area contributed by atoms with Gasteiger partial charge in [-0.05, 0) is 55.6 Å². The molecular formula is C22H37IN4. The maximum absolute atomic E-state index is 4.40. The zero-order valence-corrected chi connectivity index (χ0v) is 19.5. The molecule has 0 atom stereocenters. The summed E-state index contributed by atoms with van der Waals surface area (Å²) in [7, 11) is 1.87. The van der Waals surface area contributed by atoms with E-state index in [1.54, 1.807) is 0 Å². The van der Waals surface area contributed by atoms with Gasteiger partial charge in [0.25, 0.3) is 0 Å². The van der Waals surface area contributed by atoms with Crippen LogP contribution < -0.4 is 10.6 Å². The van der Waals surface area contributed by atoms with Gasteiger partial charge in [-0.2, -0.15) is 0 Å². The van der Waals surface area contributed by atoms with Crippen LogP contribution in [0.2, 0.25) is 0 Å². The molecule has 152 valence electrons. The molecule has 1 aliphatic carbocycles. The molecule has 1 saturated heterocycles. The van der Waals surface area contributed by atoms with Crippen molar-refractivity contribution in [1.82, 2.24) is 15.5 Å². The third kappa shape index (κ3) is 7.26. The topological polar surface area (TPSA) is 39.7 Å². The van der Waals surface area contributed by atoms with E-state index in [2.05, 4.69) is 58.6 Å². The van der Waals surface area contributed by atoms with E-state index in [0.717, 1.165) is 31.4 Å². The number of aliphatic imine (C=N–C) groups is 1. The first-order valence-electron chi connectivity index (χ1n) is 10.5.